The van der Waals surface area contributed by atoms with Gasteiger partial charge >= 0.3 is 0 Å². The molecule has 0 atom stereocenters. The average molecular weight is 182 g/mol. The van der Waals surface area contributed by atoms with Crippen molar-refractivity contribution in [2.45, 2.75) is 6.92 Å². The molecule has 2 rings (SSSR count). The Hall–Kier alpha value is -1.69. The van der Waals surface area contributed by atoms with Gasteiger partial charge < -0.3 is 10.5 Å². The number of aliphatic hydroxyl groups excluding tert-OH is 1. The van der Waals surface area contributed by atoms with Crippen LogP contribution in [0.15, 0.2) is 28.0 Å². The van der Waals surface area contributed by atoms with Crippen LogP contribution < -0.4 is 5.43 Å². The summed E-state index contributed by atoms with van der Waals surface area (Å²) in [6.45, 7) is 1.80. The maximum atomic E-state index is 9.41. The van der Waals surface area contributed by atoms with E-state index in [1.807, 2.05) is 0 Å². The van der Waals surface area contributed by atoms with Crippen molar-refractivity contribution in [3.05, 3.63) is 23.0 Å². The zero-order valence-corrected chi connectivity index (χ0v) is 7.31. The van der Waals surface area contributed by atoms with E-state index >= 15 is 0 Å². The molecule has 0 aromatic heterocycles. The molecule has 6 heteroatoms. The summed E-state index contributed by atoms with van der Waals surface area (Å²) >= 11 is 0. The second kappa shape index (κ2) is 2.40. The highest BCUT2D eigenvalue weighted by Crippen LogP contribution is 2.29. The molecule has 0 saturated heterocycles. The van der Waals surface area contributed by atoms with E-state index in [2.05, 4.69) is 10.4 Å². The minimum Gasteiger partial charge on any atom is -0.492 e. The summed E-state index contributed by atoms with van der Waals surface area (Å²) in [5.41, 5.74) is 4.69. The predicted molar refractivity (Wildman–Crippen MR) is 45.4 cm³/mol. The Morgan fingerprint density at radius 2 is 2.15 bits per heavy atom. The molecule has 0 aromatic rings. The molecule has 0 bridgehead atoms. The zero-order chi connectivity index (χ0) is 9.59. The van der Waals surface area contributed by atoms with Crippen LogP contribution in [-0.2, 0) is 0 Å². The number of hydrazine groups is 1. The first-order valence-electron chi connectivity index (χ1n) is 3.78. The predicted octanol–water partition coefficient (Wildman–Crippen LogP) is 0.128. The van der Waals surface area contributed by atoms with Crippen molar-refractivity contribution in [1.82, 2.24) is 15.5 Å². The third-order valence-electron chi connectivity index (χ3n) is 1.98. The number of fused-ring (bicyclic) bond motifs is 1. The molecule has 0 radical (unpaired) electrons. The number of aliphatic hydroxyl groups is 1. The Kier molecular flexibility index (Phi) is 1.46. The van der Waals surface area contributed by atoms with Crippen LogP contribution in [0.4, 0.5) is 0 Å². The fraction of sp³-hybridized carbons (Fsp3) is 0.286. The molecule has 0 spiro atoms. The molecule has 70 valence electrons. The number of allylic oxidation sites excluding steroid dienone is 1. The van der Waals surface area contributed by atoms with Gasteiger partial charge in [0.15, 0.2) is 0 Å². The lowest BCUT2D eigenvalue weighted by Crippen LogP contribution is -2.29. The van der Waals surface area contributed by atoms with Crippen molar-refractivity contribution >= 4 is 6.34 Å². The Bertz CT molecular complexity index is 344. The first-order valence-corrected chi connectivity index (χ1v) is 3.78. The molecule has 0 unspecified atom stereocenters. The number of hydrogen-bond acceptors (Lipinski definition) is 6. The van der Waals surface area contributed by atoms with Gasteiger partial charge in [-0.3, -0.25) is 10.2 Å². The SMILES string of the molecule is CC1=C2C(=C(O)N=CN2O)N(C)N1. The van der Waals surface area contributed by atoms with Crippen molar-refractivity contribution in [2.24, 2.45) is 4.99 Å². The topological polar surface area (TPSA) is 71.3 Å². The lowest BCUT2D eigenvalue weighted by Gasteiger charge is -2.21. The molecule has 2 aliphatic heterocycles. The van der Waals surface area contributed by atoms with Crippen LogP contribution in [-0.4, -0.2) is 33.8 Å². The Labute approximate surface area is 75.0 Å². The molecule has 0 saturated carbocycles. The van der Waals surface area contributed by atoms with Gasteiger partial charge in [-0.05, 0) is 6.92 Å². The Balaban J connectivity index is 2.55. The molecule has 0 aromatic carbocycles. The lowest BCUT2D eigenvalue weighted by atomic mass is 10.2. The van der Waals surface area contributed by atoms with Crippen molar-refractivity contribution in [3.8, 4) is 0 Å². The molecule has 2 aliphatic rings. The molecule has 13 heavy (non-hydrogen) atoms. The van der Waals surface area contributed by atoms with E-state index in [0.29, 0.717) is 11.4 Å². The number of hydrogen-bond donors (Lipinski definition) is 3. The third kappa shape index (κ3) is 0.955. The van der Waals surface area contributed by atoms with Gasteiger partial charge in [-0.1, -0.05) is 0 Å². The molecule has 0 aliphatic carbocycles. The highest BCUT2D eigenvalue weighted by atomic mass is 16.5. The summed E-state index contributed by atoms with van der Waals surface area (Å²) in [4.78, 5) is 3.61. The number of rotatable bonds is 0. The molecule has 3 N–H and O–H groups in total. The van der Waals surface area contributed by atoms with Crippen molar-refractivity contribution in [3.63, 3.8) is 0 Å². The molecule has 6 nitrogen and oxygen atoms in total. The highest BCUT2D eigenvalue weighted by molar-refractivity contribution is 5.64. The van der Waals surface area contributed by atoms with E-state index in [-0.39, 0.29) is 5.88 Å². The summed E-state index contributed by atoms with van der Waals surface area (Å²) in [6.07, 6.45) is 1.15. The summed E-state index contributed by atoms with van der Waals surface area (Å²) in [5, 5.41) is 21.3. The quantitative estimate of drug-likeness (QED) is 0.496. The maximum absolute atomic E-state index is 9.41. The Morgan fingerprint density at radius 3 is 2.77 bits per heavy atom. The van der Waals surface area contributed by atoms with Crippen LogP contribution in [0.2, 0.25) is 0 Å². The van der Waals surface area contributed by atoms with Crippen LogP contribution in [0.25, 0.3) is 0 Å². The van der Waals surface area contributed by atoms with Crippen LogP contribution in [0.3, 0.4) is 0 Å². The summed E-state index contributed by atoms with van der Waals surface area (Å²) < 4.78 is 0. The smallest absolute Gasteiger partial charge is 0.240 e. The minimum absolute atomic E-state index is 0.104. The summed E-state index contributed by atoms with van der Waals surface area (Å²) in [6, 6.07) is 0. The molecule has 0 fully saturated rings. The van der Waals surface area contributed by atoms with Crippen molar-refractivity contribution in [2.75, 3.05) is 7.05 Å². The van der Waals surface area contributed by atoms with E-state index in [9.17, 15) is 10.3 Å². The van der Waals surface area contributed by atoms with E-state index in [0.717, 1.165) is 17.1 Å². The molecular formula is C7H10N4O2. The number of aliphatic imine (C=N–C) groups is 1. The molecule has 0 amide bonds. The largest absolute Gasteiger partial charge is 0.492 e. The number of hydroxylamine groups is 2. The van der Waals surface area contributed by atoms with Gasteiger partial charge in [-0.25, -0.2) is 5.06 Å². The Morgan fingerprint density at radius 1 is 1.46 bits per heavy atom. The fourth-order valence-electron chi connectivity index (χ4n) is 1.46. The van der Waals surface area contributed by atoms with E-state index in [1.165, 1.54) is 0 Å². The highest BCUT2D eigenvalue weighted by Gasteiger charge is 2.31. The van der Waals surface area contributed by atoms with Gasteiger partial charge in [0.05, 0.1) is 5.70 Å². The second-order valence-electron chi connectivity index (χ2n) is 2.91. The van der Waals surface area contributed by atoms with Crippen LogP contribution in [0, 0.1) is 0 Å². The van der Waals surface area contributed by atoms with Gasteiger partial charge in [0.2, 0.25) is 5.88 Å². The van der Waals surface area contributed by atoms with Crippen LogP contribution >= 0.6 is 0 Å². The average Bonchev–Trinajstić information content (AvgIpc) is 2.36. The first kappa shape index (κ1) is 7.93. The number of likely N-dealkylation sites (N-methyl/N-ethyl adjacent to an activating group) is 1. The lowest BCUT2D eigenvalue weighted by molar-refractivity contribution is 0.0261. The van der Waals surface area contributed by atoms with Gasteiger partial charge in [0, 0.05) is 7.05 Å². The van der Waals surface area contributed by atoms with Gasteiger partial charge in [-0.15, -0.1) is 0 Å². The van der Waals surface area contributed by atoms with Crippen LogP contribution in [0.5, 0.6) is 0 Å². The van der Waals surface area contributed by atoms with Gasteiger partial charge in [-0.2, -0.15) is 4.99 Å². The fourth-order valence-corrected chi connectivity index (χ4v) is 1.46. The number of nitrogens with zero attached hydrogens (tertiary/aromatic N) is 3. The third-order valence-corrected chi connectivity index (χ3v) is 1.98. The monoisotopic (exact) mass is 182 g/mol. The number of nitrogens with one attached hydrogen (secondary N) is 1. The van der Waals surface area contributed by atoms with E-state index < -0.39 is 0 Å². The summed E-state index contributed by atoms with van der Waals surface area (Å²) in [7, 11) is 1.73. The van der Waals surface area contributed by atoms with E-state index in [4.69, 9.17) is 0 Å². The second-order valence-corrected chi connectivity index (χ2v) is 2.91. The van der Waals surface area contributed by atoms with Crippen LogP contribution in [0.1, 0.15) is 6.92 Å². The van der Waals surface area contributed by atoms with Gasteiger partial charge in [0.1, 0.15) is 17.7 Å². The molecule has 2 heterocycles. The minimum atomic E-state index is -0.104. The van der Waals surface area contributed by atoms with Crippen molar-refractivity contribution < 1.29 is 10.3 Å². The van der Waals surface area contributed by atoms with Gasteiger partial charge in [0.25, 0.3) is 0 Å². The zero-order valence-electron chi connectivity index (χ0n) is 7.31. The molecular weight excluding hydrogens is 172 g/mol. The standard InChI is InChI=1S/C7H10N4O2/c1-4-5-6(10(2)9-4)7(12)8-3-11(5)13/h3,9,12-13H,1-2H3. The van der Waals surface area contributed by atoms with Crippen molar-refractivity contribution in [1.29, 1.82) is 0 Å². The summed E-state index contributed by atoms with van der Waals surface area (Å²) in [5.74, 6) is -0.104. The normalized spacial score (nSPS) is 21.2. The maximum Gasteiger partial charge on any atom is 0.240 e. The first-order chi connectivity index (χ1) is 6.11. The van der Waals surface area contributed by atoms with E-state index in [1.54, 1.807) is 19.0 Å².